The van der Waals surface area contributed by atoms with Gasteiger partial charge < -0.3 is 9.64 Å². The Labute approximate surface area is 91.8 Å². The van der Waals surface area contributed by atoms with E-state index in [1.54, 1.807) is 6.07 Å². The quantitative estimate of drug-likeness (QED) is 0.728. The Kier molecular flexibility index (Phi) is 2.93. The van der Waals surface area contributed by atoms with Crippen molar-refractivity contribution in [3.05, 3.63) is 11.2 Å². The minimum atomic E-state index is 0.369. The molecule has 1 aromatic heterocycles. The van der Waals surface area contributed by atoms with Gasteiger partial charge in [0.25, 0.3) is 5.88 Å². The van der Waals surface area contributed by atoms with Crippen LogP contribution in [0.25, 0.3) is 0 Å². The van der Waals surface area contributed by atoms with Crippen LogP contribution in [0, 0.1) is 0 Å². The average molecular weight is 234 g/mol. The van der Waals surface area contributed by atoms with E-state index in [1.807, 2.05) is 0 Å². The maximum atomic E-state index is 5.75. The van der Waals surface area contributed by atoms with E-state index in [4.69, 9.17) is 27.9 Å². The van der Waals surface area contributed by atoms with E-state index in [0.29, 0.717) is 23.5 Å². The van der Waals surface area contributed by atoms with Gasteiger partial charge in [0.2, 0.25) is 0 Å². The van der Waals surface area contributed by atoms with Gasteiger partial charge in [-0.15, -0.1) is 21.8 Å². The van der Waals surface area contributed by atoms with Gasteiger partial charge >= 0.3 is 0 Å². The molecule has 14 heavy (non-hydrogen) atoms. The van der Waals surface area contributed by atoms with E-state index in [2.05, 4.69) is 15.1 Å². The Hall–Kier alpha value is -0.740. The van der Waals surface area contributed by atoms with Crippen LogP contribution in [0.2, 0.25) is 5.15 Å². The van der Waals surface area contributed by atoms with Crippen LogP contribution >= 0.6 is 23.2 Å². The summed E-state index contributed by atoms with van der Waals surface area (Å²) in [6.45, 7) is 2.18. The molecule has 76 valence electrons. The Morgan fingerprint density at radius 1 is 1.50 bits per heavy atom. The minimum Gasteiger partial charge on any atom is -0.473 e. The average Bonchev–Trinajstić information content (AvgIpc) is 2.19. The van der Waals surface area contributed by atoms with Crippen molar-refractivity contribution in [1.82, 2.24) is 10.2 Å². The molecule has 0 atom stereocenters. The van der Waals surface area contributed by atoms with Crippen molar-refractivity contribution < 1.29 is 4.74 Å². The van der Waals surface area contributed by atoms with Crippen molar-refractivity contribution in [2.24, 2.45) is 0 Å². The van der Waals surface area contributed by atoms with Gasteiger partial charge in [0.1, 0.15) is 12.3 Å². The number of ether oxygens (including phenoxy) is 1. The Bertz CT molecular complexity index is 334. The summed E-state index contributed by atoms with van der Waals surface area (Å²) >= 11 is 11.4. The fourth-order valence-corrected chi connectivity index (χ4v) is 1.73. The van der Waals surface area contributed by atoms with Crippen molar-refractivity contribution in [3.63, 3.8) is 0 Å². The van der Waals surface area contributed by atoms with Gasteiger partial charge in [-0.2, -0.15) is 0 Å². The molecule has 1 aliphatic rings. The normalized spacial score (nSPS) is 14.9. The van der Waals surface area contributed by atoms with Crippen LogP contribution in [0.15, 0.2) is 6.07 Å². The van der Waals surface area contributed by atoms with E-state index in [-0.39, 0.29) is 0 Å². The summed E-state index contributed by atoms with van der Waals surface area (Å²) < 4.78 is 5.34. The zero-order chi connectivity index (χ0) is 9.97. The molecular weight excluding hydrogens is 225 g/mol. The lowest BCUT2D eigenvalue weighted by molar-refractivity contribution is 0.292. The number of hydrogen-bond acceptors (Lipinski definition) is 4. The van der Waals surface area contributed by atoms with Gasteiger partial charge in [0.15, 0.2) is 5.15 Å². The Morgan fingerprint density at radius 2 is 2.36 bits per heavy atom. The smallest absolute Gasteiger partial charge is 0.257 e. The van der Waals surface area contributed by atoms with Crippen LogP contribution in [0.1, 0.15) is 0 Å². The van der Waals surface area contributed by atoms with Gasteiger partial charge in [-0.05, 0) is 0 Å². The molecule has 2 heterocycles. The third-order valence-corrected chi connectivity index (χ3v) is 2.36. The van der Waals surface area contributed by atoms with Crippen molar-refractivity contribution in [1.29, 1.82) is 0 Å². The first-order valence-corrected chi connectivity index (χ1v) is 5.19. The molecule has 0 spiro atoms. The molecule has 0 amide bonds. The molecule has 0 fully saturated rings. The molecule has 1 aliphatic heterocycles. The first-order valence-electron chi connectivity index (χ1n) is 4.28. The maximum Gasteiger partial charge on any atom is 0.257 e. The number of anilines is 1. The second-order valence-corrected chi connectivity index (χ2v) is 3.65. The summed E-state index contributed by atoms with van der Waals surface area (Å²) in [7, 11) is 0. The summed E-state index contributed by atoms with van der Waals surface area (Å²) in [5.41, 5.74) is 0.872. The lowest BCUT2D eigenvalue weighted by Gasteiger charge is -2.29. The molecule has 0 bridgehead atoms. The lowest BCUT2D eigenvalue weighted by atomic mass is 10.3. The van der Waals surface area contributed by atoms with E-state index < -0.39 is 0 Å². The van der Waals surface area contributed by atoms with Crippen LogP contribution in [0.4, 0.5) is 5.69 Å². The fraction of sp³-hybridized carbons (Fsp3) is 0.500. The van der Waals surface area contributed by atoms with Gasteiger partial charge in [-0.25, -0.2) is 0 Å². The highest BCUT2D eigenvalue weighted by molar-refractivity contribution is 6.29. The number of aromatic nitrogens is 2. The first-order chi connectivity index (χ1) is 6.81. The van der Waals surface area contributed by atoms with Gasteiger partial charge in [-0.1, -0.05) is 11.6 Å². The second kappa shape index (κ2) is 4.19. The van der Waals surface area contributed by atoms with Crippen LogP contribution < -0.4 is 9.64 Å². The number of nitrogens with zero attached hydrogens (tertiary/aromatic N) is 3. The number of halogens is 2. The van der Waals surface area contributed by atoms with E-state index >= 15 is 0 Å². The third kappa shape index (κ3) is 1.86. The molecule has 0 aliphatic carbocycles. The zero-order valence-electron chi connectivity index (χ0n) is 7.41. The largest absolute Gasteiger partial charge is 0.473 e. The maximum absolute atomic E-state index is 5.75. The first kappa shape index (κ1) is 9.80. The standard InChI is InChI=1S/C8H9Cl2N3O/c9-1-2-13-3-4-14-8-6(13)5-7(10)11-12-8/h5H,1-4H2. The monoisotopic (exact) mass is 233 g/mol. The molecular formula is C8H9Cl2N3O. The SMILES string of the molecule is ClCCN1CCOc2nnc(Cl)cc21. The van der Waals surface area contributed by atoms with Crippen molar-refractivity contribution in [3.8, 4) is 5.88 Å². The summed E-state index contributed by atoms with van der Waals surface area (Å²) in [5, 5.41) is 7.95. The molecule has 0 aromatic carbocycles. The van der Waals surface area contributed by atoms with Crippen LogP contribution in [0.3, 0.4) is 0 Å². The third-order valence-electron chi connectivity index (χ3n) is 2.01. The molecule has 0 radical (unpaired) electrons. The van der Waals surface area contributed by atoms with Crippen LogP contribution in [-0.4, -0.2) is 35.8 Å². The predicted octanol–water partition coefficient (Wildman–Crippen LogP) is 1.57. The second-order valence-electron chi connectivity index (χ2n) is 2.88. The summed E-state index contributed by atoms with van der Waals surface area (Å²) in [5.74, 6) is 1.10. The lowest BCUT2D eigenvalue weighted by Crippen LogP contribution is -2.34. The number of rotatable bonds is 2. The van der Waals surface area contributed by atoms with Crippen molar-refractivity contribution in [2.45, 2.75) is 0 Å². The molecule has 2 rings (SSSR count). The molecule has 6 heteroatoms. The number of alkyl halides is 1. The fourth-order valence-electron chi connectivity index (χ4n) is 1.38. The van der Waals surface area contributed by atoms with Crippen molar-refractivity contribution >= 4 is 28.9 Å². The molecule has 0 unspecified atom stereocenters. The molecule has 0 saturated carbocycles. The summed E-state index contributed by atoms with van der Waals surface area (Å²) in [6, 6.07) is 1.75. The van der Waals surface area contributed by atoms with Crippen LogP contribution in [0.5, 0.6) is 5.88 Å². The van der Waals surface area contributed by atoms with Crippen LogP contribution in [-0.2, 0) is 0 Å². The number of fused-ring (bicyclic) bond motifs is 1. The van der Waals surface area contributed by atoms with E-state index in [9.17, 15) is 0 Å². The van der Waals surface area contributed by atoms with Gasteiger partial charge in [0.05, 0.1) is 6.54 Å². The molecule has 0 N–H and O–H groups in total. The van der Waals surface area contributed by atoms with Gasteiger partial charge in [-0.3, -0.25) is 0 Å². The van der Waals surface area contributed by atoms with E-state index in [1.165, 1.54) is 0 Å². The number of hydrogen-bond donors (Lipinski definition) is 0. The van der Waals surface area contributed by atoms with Crippen molar-refractivity contribution in [2.75, 3.05) is 30.5 Å². The zero-order valence-corrected chi connectivity index (χ0v) is 8.92. The Morgan fingerprint density at radius 3 is 3.14 bits per heavy atom. The molecule has 1 aromatic rings. The summed E-state index contributed by atoms with van der Waals surface area (Å²) in [6.07, 6.45) is 0. The topological polar surface area (TPSA) is 38.2 Å². The minimum absolute atomic E-state index is 0.369. The highest BCUT2D eigenvalue weighted by Crippen LogP contribution is 2.29. The molecule has 4 nitrogen and oxygen atoms in total. The molecule has 0 saturated heterocycles. The highest BCUT2D eigenvalue weighted by Gasteiger charge is 2.19. The predicted molar refractivity (Wildman–Crippen MR) is 55.5 cm³/mol. The van der Waals surface area contributed by atoms with E-state index in [0.717, 1.165) is 18.8 Å². The summed E-state index contributed by atoms with van der Waals surface area (Å²) in [4.78, 5) is 2.09. The Balaban J connectivity index is 2.32. The highest BCUT2D eigenvalue weighted by atomic mass is 35.5. The van der Waals surface area contributed by atoms with Gasteiger partial charge in [0, 0.05) is 18.5 Å².